The van der Waals surface area contributed by atoms with Gasteiger partial charge in [0.15, 0.2) is 0 Å². The van der Waals surface area contributed by atoms with E-state index in [1.807, 2.05) is 6.92 Å². The van der Waals surface area contributed by atoms with E-state index >= 15 is 0 Å². The molecule has 1 atom stereocenters. The highest BCUT2D eigenvalue weighted by atomic mass is 32.1. The molecular weight excluding hydrogens is 244 g/mol. The van der Waals surface area contributed by atoms with E-state index in [1.165, 1.54) is 0 Å². The van der Waals surface area contributed by atoms with Crippen molar-refractivity contribution in [2.24, 2.45) is 5.92 Å². The Morgan fingerprint density at radius 3 is 2.83 bits per heavy atom. The van der Waals surface area contributed by atoms with E-state index in [0.717, 1.165) is 42.9 Å². The van der Waals surface area contributed by atoms with Gasteiger partial charge in [0.1, 0.15) is 0 Å². The highest BCUT2D eigenvalue weighted by Gasteiger charge is 2.33. The molecule has 0 aromatic carbocycles. The summed E-state index contributed by atoms with van der Waals surface area (Å²) in [6, 6.07) is 0.225. The largest absolute Gasteiger partial charge is 0.334 e. The van der Waals surface area contributed by atoms with Crippen molar-refractivity contribution in [3.63, 3.8) is 0 Å². The average Bonchev–Trinajstić information content (AvgIpc) is 2.98. The summed E-state index contributed by atoms with van der Waals surface area (Å²) >= 11 is 1.68. The van der Waals surface area contributed by atoms with Crippen molar-refractivity contribution in [2.75, 3.05) is 6.54 Å². The number of carbonyl (C=O) groups excluding carboxylic acids is 1. The summed E-state index contributed by atoms with van der Waals surface area (Å²) in [5.41, 5.74) is 1.09. The van der Waals surface area contributed by atoms with E-state index in [1.54, 1.807) is 11.3 Å². The van der Waals surface area contributed by atoms with Crippen molar-refractivity contribution >= 4 is 17.2 Å². The molecule has 1 aromatic heterocycles. The molecule has 0 bridgehead atoms. The summed E-state index contributed by atoms with van der Waals surface area (Å²) in [6.07, 6.45) is 4.05. The first kappa shape index (κ1) is 13.5. The number of carbonyl (C=O) groups is 1. The first-order chi connectivity index (χ1) is 8.67. The van der Waals surface area contributed by atoms with Gasteiger partial charge in [-0.3, -0.25) is 4.79 Å². The number of hydrogen-bond donors (Lipinski definition) is 0. The topological polar surface area (TPSA) is 33.2 Å². The smallest absolute Gasteiger partial charge is 0.226 e. The summed E-state index contributed by atoms with van der Waals surface area (Å²) in [7, 11) is 0. The molecule has 0 N–H and O–H groups in total. The summed E-state index contributed by atoms with van der Waals surface area (Å²) in [5, 5.41) is 3.20. The molecule has 1 aromatic rings. The number of thiazole rings is 1. The first-order valence-corrected chi connectivity index (χ1v) is 7.77. The Hall–Kier alpha value is -0.900. The third-order valence-electron chi connectivity index (χ3n) is 3.85. The molecule has 1 unspecified atom stereocenters. The van der Waals surface area contributed by atoms with Gasteiger partial charge >= 0.3 is 0 Å². The number of likely N-dealkylation sites (tertiary alicyclic amines) is 1. The molecule has 1 amide bonds. The van der Waals surface area contributed by atoms with Gasteiger partial charge in [0.25, 0.3) is 0 Å². The van der Waals surface area contributed by atoms with Gasteiger partial charge in [0.2, 0.25) is 5.91 Å². The molecule has 1 saturated heterocycles. The molecule has 1 aliphatic rings. The van der Waals surface area contributed by atoms with Gasteiger partial charge in [0.05, 0.1) is 16.7 Å². The van der Waals surface area contributed by atoms with Crippen LogP contribution in [-0.4, -0.2) is 22.3 Å². The van der Waals surface area contributed by atoms with Crippen LogP contribution in [-0.2, 0) is 4.79 Å². The van der Waals surface area contributed by atoms with Crippen LogP contribution in [0.4, 0.5) is 0 Å². The second kappa shape index (κ2) is 5.83. The standard InChI is InChI=1S/C14H22N2OS/c1-4-11(5-2)14(17)16-8-6-7-13(16)12-9-18-10(3)15-12/h9,11,13H,4-8H2,1-3H3. The molecule has 100 valence electrons. The van der Waals surface area contributed by atoms with Crippen molar-refractivity contribution in [1.82, 2.24) is 9.88 Å². The SMILES string of the molecule is CCC(CC)C(=O)N1CCCC1c1csc(C)n1. The summed E-state index contributed by atoms with van der Waals surface area (Å²) in [4.78, 5) is 19.1. The maximum Gasteiger partial charge on any atom is 0.226 e. The van der Waals surface area contributed by atoms with Gasteiger partial charge in [-0.15, -0.1) is 11.3 Å². The number of rotatable bonds is 4. The Morgan fingerprint density at radius 1 is 1.56 bits per heavy atom. The number of aromatic nitrogens is 1. The Bertz CT molecular complexity index is 412. The maximum atomic E-state index is 12.5. The minimum atomic E-state index is 0.185. The van der Waals surface area contributed by atoms with E-state index in [4.69, 9.17) is 0 Å². The Labute approximate surface area is 113 Å². The molecule has 2 rings (SSSR count). The fourth-order valence-electron chi connectivity index (χ4n) is 2.74. The Kier molecular flexibility index (Phi) is 4.38. The van der Waals surface area contributed by atoms with Crippen LogP contribution in [0.2, 0.25) is 0 Å². The predicted molar refractivity (Wildman–Crippen MR) is 74.6 cm³/mol. The second-order valence-corrected chi connectivity index (χ2v) is 6.06. The lowest BCUT2D eigenvalue weighted by molar-refractivity contribution is -0.136. The zero-order valence-corrected chi connectivity index (χ0v) is 12.3. The molecule has 0 spiro atoms. The van der Waals surface area contributed by atoms with Crippen LogP contribution >= 0.6 is 11.3 Å². The minimum Gasteiger partial charge on any atom is -0.334 e. The molecule has 0 aliphatic carbocycles. The van der Waals surface area contributed by atoms with E-state index < -0.39 is 0 Å². The lowest BCUT2D eigenvalue weighted by Gasteiger charge is -2.27. The molecule has 1 fully saturated rings. The van der Waals surface area contributed by atoms with Crippen LogP contribution in [0.25, 0.3) is 0 Å². The molecule has 2 heterocycles. The highest BCUT2D eigenvalue weighted by Crippen LogP contribution is 2.34. The van der Waals surface area contributed by atoms with E-state index in [2.05, 4.69) is 29.1 Å². The van der Waals surface area contributed by atoms with Crippen molar-refractivity contribution in [3.05, 3.63) is 16.1 Å². The number of aryl methyl sites for hydroxylation is 1. The highest BCUT2D eigenvalue weighted by molar-refractivity contribution is 7.09. The quantitative estimate of drug-likeness (QED) is 0.835. The number of nitrogens with zero attached hydrogens (tertiary/aromatic N) is 2. The molecule has 0 saturated carbocycles. The summed E-state index contributed by atoms with van der Waals surface area (Å²) < 4.78 is 0. The molecule has 4 heteroatoms. The zero-order valence-electron chi connectivity index (χ0n) is 11.5. The van der Waals surface area contributed by atoms with Gasteiger partial charge in [-0.05, 0) is 32.6 Å². The minimum absolute atomic E-state index is 0.185. The van der Waals surface area contributed by atoms with Gasteiger partial charge in [-0.2, -0.15) is 0 Å². The first-order valence-electron chi connectivity index (χ1n) is 6.89. The van der Waals surface area contributed by atoms with Crippen LogP contribution in [0.3, 0.4) is 0 Å². The van der Waals surface area contributed by atoms with Gasteiger partial charge in [-0.1, -0.05) is 13.8 Å². The third kappa shape index (κ3) is 2.58. The third-order valence-corrected chi connectivity index (χ3v) is 4.64. The fourth-order valence-corrected chi connectivity index (χ4v) is 3.40. The lowest BCUT2D eigenvalue weighted by atomic mass is 10.0. The Balaban J connectivity index is 2.14. The van der Waals surface area contributed by atoms with Crippen molar-refractivity contribution < 1.29 is 4.79 Å². The van der Waals surface area contributed by atoms with Crippen LogP contribution in [0.15, 0.2) is 5.38 Å². The summed E-state index contributed by atoms with van der Waals surface area (Å²) in [5.74, 6) is 0.512. The second-order valence-electron chi connectivity index (χ2n) is 4.99. The van der Waals surface area contributed by atoms with Crippen molar-refractivity contribution in [2.45, 2.75) is 52.5 Å². The normalized spacial score (nSPS) is 19.8. The van der Waals surface area contributed by atoms with Gasteiger partial charge in [-0.25, -0.2) is 4.98 Å². The molecule has 3 nitrogen and oxygen atoms in total. The van der Waals surface area contributed by atoms with Crippen LogP contribution < -0.4 is 0 Å². The molecule has 18 heavy (non-hydrogen) atoms. The van der Waals surface area contributed by atoms with Crippen molar-refractivity contribution in [3.8, 4) is 0 Å². The van der Waals surface area contributed by atoms with Gasteiger partial charge < -0.3 is 4.90 Å². The van der Waals surface area contributed by atoms with E-state index in [-0.39, 0.29) is 12.0 Å². The molecule has 1 aliphatic heterocycles. The fraction of sp³-hybridized carbons (Fsp3) is 0.714. The maximum absolute atomic E-state index is 12.5. The lowest BCUT2D eigenvalue weighted by Crippen LogP contribution is -2.35. The van der Waals surface area contributed by atoms with Gasteiger partial charge in [0, 0.05) is 17.8 Å². The monoisotopic (exact) mass is 266 g/mol. The number of hydrogen-bond acceptors (Lipinski definition) is 3. The van der Waals surface area contributed by atoms with Crippen LogP contribution in [0.1, 0.15) is 56.3 Å². The van der Waals surface area contributed by atoms with Crippen molar-refractivity contribution in [1.29, 1.82) is 0 Å². The van der Waals surface area contributed by atoms with E-state index in [0.29, 0.717) is 5.91 Å². The molecular formula is C14H22N2OS. The van der Waals surface area contributed by atoms with Crippen LogP contribution in [0.5, 0.6) is 0 Å². The summed E-state index contributed by atoms with van der Waals surface area (Å²) in [6.45, 7) is 7.13. The zero-order chi connectivity index (χ0) is 13.1. The van der Waals surface area contributed by atoms with E-state index in [9.17, 15) is 4.79 Å². The van der Waals surface area contributed by atoms with Crippen LogP contribution in [0, 0.1) is 12.8 Å². The number of amides is 1. The average molecular weight is 266 g/mol. The predicted octanol–water partition coefficient (Wildman–Crippen LogP) is 3.55. The molecule has 0 radical (unpaired) electrons. The Morgan fingerprint density at radius 2 is 2.28 bits per heavy atom.